The highest BCUT2D eigenvalue weighted by molar-refractivity contribution is 5.66. The van der Waals surface area contributed by atoms with Crippen LogP contribution in [-0.4, -0.2) is 104 Å². The Bertz CT molecular complexity index is 1300. The van der Waals surface area contributed by atoms with Gasteiger partial charge in [0.2, 0.25) is 0 Å². The predicted octanol–water partition coefficient (Wildman–Crippen LogP) is 2.65. The van der Waals surface area contributed by atoms with E-state index in [4.69, 9.17) is 18.9 Å². The highest BCUT2D eigenvalue weighted by atomic mass is 16.7. The van der Waals surface area contributed by atoms with Crippen LogP contribution in [0.15, 0.2) is 0 Å². The Kier molecular flexibility index (Phi) is 8.01. The molecule has 2 heterocycles. The second-order valence-electron chi connectivity index (χ2n) is 18.8. The van der Waals surface area contributed by atoms with Gasteiger partial charge in [0.05, 0.1) is 18.3 Å². The summed E-state index contributed by atoms with van der Waals surface area (Å²) in [4.78, 5) is 12.1. The number of ether oxygens (including phenoxy) is 4. The van der Waals surface area contributed by atoms with E-state index < -0.39 is 71.1 Å². The highest BCUT2D eigenvalue weighted by Crippen LogP contribution is 2.89. The van der Waals surface area contributed by atoms with Crippen LogP contribution in [0.3, 0.4) is 0 Å². The predicted molar refractivity (Wildman–Crippen MR) is 172 cm³/mol. The van der Waals surface area contributed by atoms with Crippen LogP contribution in [0, 0.1) is 50.7 Å². The molecule has 11 heteroatoms. The molecule has 6 N–H and O–H groups in total. The Labute approximate surface area is 284 Å². The van der Waals surface area contributed by atoms with E-state index in [2.05, 4.69) is 34.6 Å². The highest BCUT2D eigenvalue weighted by Gasteiger charge is 2.86. The number of hydrogen-bond donors (Lipinski definition) is 6. The first-order valence-electron chi connectivity index (χ1n) is 18.4. The zero-order valence-electron chi connectivity index (χ0n) is 30.0. The van der Waals surface area contributed by atoms with Crippen molar-refractivity contribution in [2.45, 2.75) is 167 Å². The van der Waals surface area contributed by atoms with E-state index in [9.17, 15) is 35.4 Å². The molecule has 17 atom stereocenters. The molecule has 0 aromatic heterocycles. The van der Waals surface area contributed by atoms with Gasteiger partial charge >= 0.3 is 5.97 Å². The molecule has 0 radical (unpaired) electrons. The topological polar surface area (TPSA) is 175 Å². The number of rotatable bonds is 5. The first kappa shape index (κ1) is 35.5. The molecule has 0 bridgehead atoms. The molecule has 48 heavy (non-hydrogen) atoms. The monoisotopic (exact) mass is 680 g/mol. The summed E-state index contributed by atoms with van der Waals surface area (Å²) in [7, 11) is 0. The van der Waals surface area contributed by atoms with E-state index in [1.807, 2.05) is 0 Å². The van der Waals surface area contributed by atoms with Gasteiger partial charge in [-0.3, -0.25) is 4.79 Å². The van der Waals surface area contributed by atoms with Crippen LogP contribution in [0.25, 0.3) is 0 Å². The van der Waals surface area contributed by atoms with Crippen molar-refractivity contribution in [1.29, 1.82) is 0 Å². The van der Waals surface area contributed by atoms with Gasteiger partial charge in [0, 0.05) is 18.3 Å². The summed E-state index contributed by atoms with van der Waals surface area (Å²) < 4.78 is 24.2. The van der Waals surface area contributed by atoms with Gasteiger partial charge in [0.15, 0.2) is 18.2 Å². The van der Waals surface area contributed by atoms with E-state index in [0.717, 1.165) is 44.9 Å². The molecule has 7 aliphatic rings. The molecule has 0 aromatic rings. The standard InChI is InChI=1S/C37H60O11/c1-18-15-21(28(32(5,6)43)46-19(2)38)48-37(44)27(18)33(7)13-14-36-17-35(36)12-11-24(47-29-26(41)25(40)20(39)16-45-29)31(3,4)22(35)9-10-23(36)34(33,8)30(37)42/h18,20-30,39-44H,9-17H2,1-8H3/t18-,20-,21+,22-,23+,24+,25+,26-,27-,28+,29+,30-,33-,34-,35-,36+,37-/m1/s1. The minimum Gasteiger partial charge on any atom is -0.457 e. The lowest BCUT2D eigenvalue weighted by Gasteiger charge is -2.63. The SMILES string of the molecule is CC(=O)O[C@@H]([C@@H]1C[C@@H](C)[C@H]2[C@@](O)(O1)[C@H](O)[C@@]1(C)[C@@H]3CC[C@@H]4C(C)(C)[C@@H](O[C@@H]5OC[C@@H](O)[C@H](O)[C@H]5O)CC[C@@]45C[C@@]35CC[C@]21C)C(C)(C)O. The fraction of sp³-hybridized carbons (Fsp3) is 0.973. The van der Waals surface area contributed by atoms with Crippen molar-refractivity contribution >= 4 is 5.97 Å². The van der Waals surface area contributed by atoms with Crippen LogP contribution in [-0.2, 0) is 23.7 Å². The maximum atomic E-state index is 12.6. The number of esters is 1. The lowest BCUT2D eigenvalue weighted by Crippen LogP contribution is -2.62. The summed E-state index contributed by atoms with van der Waals surface area (Å²) in [6, 6.07) is 0. The van der Waals surface area contributed by atoms with Gasteiger partial charge in [-0.2, -0.15) is 0 Å². The number of aliphatic hydroxyl groups excluding tert-OH is 4. The molecule has 5 aliphatic carbocycles. The van der Waals surface area contributed by atoms with Crippen LogP contribution in [0.2, 0.25) is 0 Å². The normalized spacial score (nSPS) is 56.1. The average molecular weight is 681 g/mol. The molecule has 7 rings (SSSR count). The van der Waals surface area contributed by atoms with E-state index in [1.54, 1.807) is 13.8 Å². The minimum absolute atomic E-state index is 0.0222. The number of carbonyl (C=O) groups is 1. The van der Waals surface area contributed by atoms with E-state index in [0.29, 0.717) is 12.3 Å². The van der Waals surface area contributed by atoms with Crippen molar-refractivity contribution in [2.24, 2.45) is 50.7 Å². The maximum absolute atomic E-state index is 12.6. The third kappa shape index (κ3) is 4.41. The van der Waals surface area contributed by atoms with E-state index >= 15 is 0 Å². The lowest BCUT2D eigenvalue weighted by molar-refractivity contribution is -0.342. The molecular formula is C37H60O11. The number of fused-ring (bicyclic) bond motifs is 4. The molecule has 11 nitrogen and oxygen atoms in total. The van der Waals surface area contributed by atoms with Gasteiger partial charge < -0.3 is 49.6 Å². The van der Waals surface area contributed by atoms with Crippen molar-refractivity contribution in [1.82, 2.24) is 0 Å². The van der Waals surface area contributed by atoms with Crippen LogP contribution in [0.5, 0.6) is 0 Å². The quantitative estimate of drug-likeness (QED) is 0.186. The second-order valence-corrected chi connectivity index (χ2v) is 18.8. The second kappa shape index (κ2) is 10.8. The molecular weight excluding hydrogens is 620 g/mol. The minimum atomic E-state index is -1.86. The zero-order valence-corrected chi connectivity index (χ0v) is 30.0. The summed E-state index contributed by atoms with van der Waals surface area (Å²) in [5.41, 5.74) is -2.59. The first-order chi connectivity index (χ1) is 22.1. The van der Waals surface area contributed by atoms with Crippen molar-refractivity contribution in [3.63, 3.8) is 0 Å². The van der Waals surface area contributed by atoms with Gasteiger partial charge in [-0.1, -0.05) is 34.6 Å². The molecule has 274 valence electrons. The number of aliphatic hydroxyl groups is 6. The molecule has 2 aliphatic heterocycles. The Morgan fingerprint density at radius 1 is 0.938 bits per heavy atom. The molecule has 0 unspecified atom stereocenters. The molecule has 2 saturated heterocycles. The molecule has 5 saturated carbocycles. The Hall–Kier alpha value is -0.890. The molecule has 0 aromatic carbocycles. The van der Waals surface area contributed by atoms with Gasteiger partial charge in [-0.05, 0) is 105 Å². The molecule has 7 fully saturated rings. The van der Waals surface area contributed by atoms with Gasteiger partial charge in [-0.25, -0.2) is 0 Å². The average Bonchev–Trinajstić information content (AvgIpc) is 3.62. The third-order valence-corrected chi connectivity index (χ3v) is 15.9. The van der Waals surface area contributed by atoms with Gasteiger partial charge in [-0.15, -0.1) is 0 Å². The number of carbonyl (C=O) groups excluding carboxylic acids is 1. The van der Waals surface area contributed by atoms with E-state index in [1.165, 1.54) is 6.92 Å². The fourth-order valence-corrected chi connectivity index (χ4v) is 13.8. The smallest absolute Gasteiger partial charge is 0.303 e. The lowest BCUT2D eigenvalue weighted by atomic mass is 9.41. The van der Waals surface area contributed by atoms with Crippen molar-refractivity contribution in [2.75, 3.05) is 6.61 Å². The van der Waals surface area contributed by atoms with Crippen LogP contribution < -0.4 is 0 Å². The zero-order chi connectivity index (χ0) is 35.2. The summed E-state index contributed by atoms with van der Waals surface area (Å²) in [5, 5.41) is 67.0. The molecule has 0 amide bonds. The van der Waals surface area contributed by atoms with Crippen molar-refractivity contribution < 1.29 is 54.4 Å². The largest absolute Gasteiger partial charge is 0.457 e. The molecule has 2 spiro atoms. The van der Waals surface area contributed by atoms with Crippen LogP contribution >= 0.6 is 0 Å². The van der Waals surface area contributed by atoms with Gasteiger partial charge in [0.1, 0.15) is 30.5 Å². The third-order valence-electron chi connectivity index (χ3n) is 15.9. The van der Waals surface area contributed by atoms with Gasteiger partial charge in [0.25, 0.3) is 0 Å². The summed E-state index contributed by atoms with van der Waals surface area (Å²) in [6.45, 7) is 15.4. The Morgan fingerprint density at radius 3 is 2.23 bits per heavy atom. The summed E-state index contributed by atoms with van der Waals surface area (Å²) in [5.74, 6) is -2.26. The van der Waals surface area contributed by atoms with E-state index in [-0.39, 0.29) is 46.7 Å². The van der Waals surface area contributed by atoms with Crippen molar-refractivity contribution in [3.8, 4) is 0 Å². The summed E-state index contributed by atoms with van der Waals surface area (Å²) >= 11 is 0. The fourth-order valence-electron chi connectivity index (χ4n) is 13.8. The Balaban J connectivity index is 1.17. The van der Waals surface area contributed by atoms with Crippen LogP contribution in [0.4, 0.5) is 0 Å². The van der Waals surface area contributed by atoms with Crippen LogP contribution in [0.1, 0.15) is 107 Å². The Morgan fingerprint density at radius 2 is 1.58 bits per heavy atom. The number of hydrogen-bond acceptors (Lipinski definition) is 11. The summed E-state index contributed by atoms with van der Waals surface area (Å²) in [6.07, 6.45) is -0.902. The van der Waals surface area contributed by atoms with Crippen molar-refractivity contribution in [3.05, 3.63) is 0 Å². The maximum Gasteiger partial charge on any atom is 0.303 e. The first-order valence-corrected chi connectivity index (χ1v) is 18.4.